The first kappa shape index (κ1) is 11.4. The zero-order chi connectivity index (χ0) is 12.5. The van der Waals surface area contributed by atoms with E-state index in [9.17, 15) is 0 Å². The second-order valence-corrected chi connectivity index (χ2v) is 5.63. The van der Waals surface area contributed by atoms with E-state index in [2.05, 4.69) is 13.0 Å². The molecule has 2 N–H and O–H groups in total. The van der Waals surface area contributed by atoms with Gasteiger partial charge >= 0.3 is 0 Å². The van der Waals surface area contributed by atoms with Crippen molar-refractivity contribution in [1.29, 1.82) is 0 Å². The van der Waals surface area contributed by atoms with Gasteiger partial charge in [0.15, 0.2) is 11.5 Å². The normalized spacial score (nSPS) is 14.3. The second kappa shape index (κ2) is 4.53. The molecule has 0 saturated carbocycles. The van der Waals surface area contributed by atoms with Gasteiger partial charge < -0.3 is 15.2 Å². The van der Waals surface area contributed by atoms with E-state index in [1.54, 1.807) is 11.3 Å². The fourth-order valence-corrected chi connectivity index (χ4v) is 2.90. The van der Waals surface area contributed by atoms with Crippen molar-refractivity contribution in [2.75, 3.05) is 18.9 Å². The Morgan fingerprint density at radius 3 is 2.61 bits per heavy atom. The van der Waals surface area contributed by atoms with Crippen molar-refractivity contribution in [3.8, 4) is 22.6 Å². The molecule has 0 saturated heterocycles. The van der Waals surface area contributed by atoms with E-state index in [0.717, 1.165) is 34.0 Å². The lowest BCUT2D eigenvalue weighted by Gasteiger charge is -2.09. The monoisotopic (exact) mass is 261 g/mol. The number of fused-ring (bicyclic) bond motifs is 1. The number of nitrogens with two attached hydrogens (primary N) is 1. The molecule has 0 amide bonds. The van der Waals surface area contributed by atoms with Crippen LogP contribution in [0.2, 0.25) is 0 Å². The van der Waals surface area contributed by atoms with Crippen LogP contribution in [0.4, 0.5) is 5.00 Å². The average Bonchev–Trinajstić information content (AvgIpc) is 2.58. The highest BCUT2D eigenvalue weighted by atomic mass is 32.1. The summed E-state index contributed by atoms with van der Waals surface area (Å²) >= 11 is 1.61. The molecule has 0 unspecified atom stereocenters. The molecule has 0 aliphatic carbocycles. The highest BCUT2D eigenvalue weighted by Crippen LogP contribution is 2.38. The highest BCUT2D eigenvalue weighted by Gasteiger charge is 2.13. The molecule has 1 aliphatic rings. The molecule has 0 atom stereocenters. The molecule has 0 radical (unpaired) electrons. The van der Waals surface area contributed by atoms with E-state index in [4.69, 9.17) is 15.2 Å². The summed E-state index contributed by atoms with van der Waals surface area (Å²) in [6.45, 7) is 3.48. The Morgan fingerprint density at radius 2 is 1.89 bits per heavy atom. The Labute approximate surface area is 110 Å². The van der Waals surface area contributed by atoms with Crippen molar-refractivity contribution in [2.24, 2.45) is 0 Å². The standard InChI is InChI=1S/C14H15NO2S/c1-9-7-11(14(15)18-9)10-3-4-12-13(8-10)17-6-2-5-16-12/h3-4,7-8H,2,5-6,15H2,1H3. The molecule has 94 valence electrons. The first-order chi connectivity index (χ1) is 8.74. The topological polar surface area (TPSA) is 44.5 Å². The zero-order valence-corrected chi connectivity index (χ0v) is 11.0. The quantitative estimate of drug-likeness (QED) is 0.855. The SMILES string of the molecule is Cc1cc(-c2ccc3c(c2)OCCCO3)c(N)s1. The van der Waals surface area contributed by atoms with Crippen LogP contribution >= 0.6 is 11.3 Å². The Balaban J connectivity index is 2.04. The van der Waals surface area contributed by atoms with Gasteiger partial charge in [0.05, 0.1) is 18.2 Å². The van der Waals surface area contributed by atoms with Crippen molar-refractivity contribution >= 4 is 16.3 Å². The van der Waals surface area contributed by atoms with E-state index in [0.29, 0.717) is 13.2 Å². The summed E-state index contributed by atoms with van der Waals surface area (Å²) in [5, 5.41) is 0.849. The maximum absolute atomic E-state index is 6.03. The highest BCUT2D eigenvalue weighted by molar-refractivity contribution is 7.16. The zero-order valence-electron chi connectivity index (χ0n) is 10.2. The van der Waals surface area contributed by atoms with Gasteiger partial charge in [0.1, 0.15) is 0 Å². The molecule has 4 heteroatoms. The summed E-state index contributed by atoms with van der Waals surface area (Å²) in [5.74, 6) is 1.63. The van der Waals surface area contributed by atoms with Crippen LogP contribution in [0.25, 0.3) is 11.1 Å². The molecule has 3 rings (SSSR count). The molecule has 18 heavy (non-hydrogen) atoms. The van der Waals surface area contributed by atoms with Crippen LogP contribution in [0, 0.1) is 6.92 Å². The lowest BCUT2D eigenvalue weighted by atomic mass is 10.1. The number of rotatable bonds is 1. The van der Waals surface area contributed by atoms with Crippen LogP contribution < -0.4 is 15.2 Å². The Hall–Kier alpha value is -1.68. The number of thiophene rings is 1. The maximum atomic E-state index is 6.03. The van der Waals surface area contributed by atoms with Gasteiger partial charge in [-0.15, -0.1) is 11.3 Å². The van der Waals surface area contributed by atoms with E-state index in [-0.39, 0.29) is 0 Å². The first-order valence-electron chi connectivity index (χ1n) is 6.00. The van der Waals surface area contributed by atoms with Gasteiger partial charge in [0, 0.05) is 16.9 Å². The largest absolute Gasteiger partial charge is 0.490 e. The molecule has 2 aromatic rings. The van der Waals surface area contributed by atoms with Crippen LogP contribution in [0.5, 0.6) is 11.5 Å². The minimum atomic E-state index is 0.703. The Morgan fingerprint density at radius 1 is 1.11 bits per heavy atom. The van der Waals surface area contributed by atoms with E-state index < -0.39 is 0 Å². The Kier molecular flexibility index (Phi) is 2.88. The summed E-state index contributed by atoms with van der Waals surface area (Å²) in [6.07, 6.45) is 0.920. The molecule has 0 fully saturated rings. The summed E-state index contributed by atoms with van der Waals surface area (Å²) in [5.41, 5.74) is 8.19. The lowest BCUT2D eigenvalue weighted by molar-refractivity contribution is 0.297. The third kappa shape index (κ3) is 2.04. The van der Waals surface area contributed by atoms with Gasteiger partial charge in [-0.05, 0) is 30.7 Å². The molecular formula is C14H15NO2S. The average molecular weight is 261 g/mol. The van der Waals surface area contributed by atoms with Crippen molar-refractivity contribution in [2.45, 2.75) is 13.3 Å². The lowest BCUT2D eigenvalue weighted by Crippen LogP contribution is -1.97. The van der Waals surface area contributed by atoms with Gasteiger partial charge in [0.25, 0.3) is 0 Å². The molecule has 0 bridgehead atoms. The third-order valence-electron chi connectivity index (χ3n) is 2.94. The smallest absolute Gasteiger partial charge is 0.161 e. The molecule has 3 nitrogen and oxygen atoms in total. The number of ether oxygens (including phenoxy) is 2. The van der Waals surface area contributed by atoms with Gasteiger partial charge in [-0.25, -0.2) is 0 Å². The molecule has 0 spiro atoms. The minimum absolute atomic E-state index is 0.703. The number of hydrogen-bond donors (Lipinski definition) is 1. The van der Waals surface area contributed by atoms with Crippen LogP contribution in [-0.4, -0.2) is 13.2 Å². The van der Waals surface area contributed by atoms with Crippen molar-refractivity contribution in [3.05, 3.63) is 29.1 Å². The fraction of sp³-hybridized carbons (Fsp3) is 0.286. The van der Waals surface area contributed by atoms with Crippen LogP contribution in [0.3, 0.4) is 0 Å². The molecule has 1 aromatic carbocycles. The number of nitrogen functional groups attached to an aromatic ring is 1. The van der Waals surface area contributed by atoms with Crippen LogP contribution in [0.15, 0.2) is 24.3 Å². The maximum Gasteiger partial charge on any atom is 0.161 e. The second-order valence-electron chi connectivity index (χ2n) is 4.35. The fourth-order valence-electron chi connectivity index (χ4n) is 2.09. The summed E-state index contributed by atoms with van der Waals surface area (Å²) in [4.78, 5) is 1.22. The molecular weight excluding hydrogens is 246 g/mol. The van der Waals surface area contributed by atoms with Gasteiger partial charge in [0.2, 0.25) is 0 Å². The van der Waals surface area contributed by atoms with Crippen molar-refractivity contribution in [1.82, 2.24) is 0 Å². The van der Waals surface area contributed by atoms with Crippen molar-refractivity contribution < 1.29 is 9.47 Å². The molecule has 1 aromatic heterocycles. The van der Waals surface area contributed by atoms with Gasteiger partial charge in [-0.1, -0.05) is 6.07 Å². The van der Waals surface area contributed by atoms with Crippen LogP contribution in [0.1, 0.15) is 11.3 Å². The Bertz CT molecular complexity index is 577. The first-order valence-corrected chi connectivity index (χ1v) is 6.81. The summed E-state index contributed by atoms with van der Waals surface area (Å²) in [7, 11) is 0. The van der Waals surface area contributed by atoms with E-state index >= 15 is 0 Å². The summed E-state index contributed by atoms with van der Waals surface area (Å²) < 4.78 is 11.3. The third-order valence-corrected chi connectivity index (χ3v) is 3.82. The predicted molar refractivity (Wildman–Crippen MR) is 74.5 cm³/mol. The molecule has 2 heterocycles. The van der Waals surface area contributed by atoms with Crippen molar-refractivity contribution in [3.63, 3.8) is 0 Å². The number of benzene rings is 1. The summed E-state index contributed by atoms with van der Waals surface area (Å²) in [6, 6.07) is 8.12. The predicted octanol–water partition coefficient (Wildman–Crippen LogP) is 3.47. The van der Waals surface area contributed by atoms with E-state index in [1.165, 1.54) is 4.88 Å². The van der Waals surface area contributed by atoms with E-state index in [1.807, 2.05) is 18.2 Å². The van der Waals surface area contributed by atoms with Gasteiger partial charge in [-0.2, -0.15) is 0 Å². The van der Waals surface area contributed by atoms with Crippen LogP contribution in [-0.2, 0) is 0 Å². The number of aryl methyl sites for hydroxylation is 1. The number of anilines is 1. The molecule has 1 aliphatic heterocycles. The number of hydrogen-bond acceptors (Lipinski definition) is 4. The van der Waals surface area contributed by atoms with Gasteiger partial charge in [-0.3, -0.25) is 0 Å². The minimum Gasteiger partial charge on any atom is -0.490 e.